The quantitative estimate of drug-likeness (QED) is 0.186. The number of aliphatic hydroxyl groups excluding tert-OH is 1. The van der Waals surface area contributed by atoms with E-state index in [1.807, 2.05) is 0 Å². The second-order valence-electron chi connectivity index (χ2n) is 7.25. The Kier molecular flexibility index (Phi) is 10.3. The van der Waals surface area contributed by atoms with Gasteiger partial charge in [0.15, 0.2) is 6.04 Å². The Hall–Kier alpha value is -3.51. The minimum absolute atomic E-state index is 0.0258. The molecule has 1 rings (SSSR count). The van der Waals surface area contributed by atoms with Crippen LogP contribution < -0.4 is 21.7 Å². The van der Waals surface area contributed by atoms with Gasteiger partial charge in [-0.25, -0.2) is 4.79 Å². The molecule has 1 aromatic rings. The first-order chi connectivity index (χ1) is 14.9. The molecule has 3 amide bonds. The number of carbonyl (C=O) groups excluding carboxylic acids is 3. The highest BCUT2D eigenvalue weighted by atomic mass is 16.4. The van der Waals surface area contributed by atoms with Crippen LogP contribution in [0.3, 0.4) is 0 Å². The average molecular weight is 452 g/mol. The van der Waals surface area contributed by atoms with E-state index in [1.165, 1.54) is 13.8 Å². The van der Waals surface area contributed by atoms with Crippen molar-refractivity contribution < 1.29 is 39.3 Å². The Morgan fingerprint density at radius 2 is 1.50 bits per heavy atom. The van der Waals surface area contributed by atoms with E-state index in [9.17, 15) is 29.1 Å². The molecule has 5 unspecified atom stereocenters. The number of hydrogen-bond acceptors (Lipinski definition) is 7. The molecule has 0 bridgehead atoms. The molecule has 5 atom stereocenters. The number of rotatable bonds is 12. The van der Waals surface area contributed by atoms with Gasteiger partial charge in [0.2, 0.25) is 17.7 Å². The van der Waals surface area contributed by atoms with Crippen LogP contribution in [0.15, 0.2) is 30.3 Å². The smallest absolute Gasteiger partial charge is 0.328 e. The third-order valence-electron chi connectivity index (χ3n) is 4.45. The Labute approximate surface area is 184 Å². The summed E-state index contributed by atoms with van der Waals surface area (Å²) in [7, 11) is 0. The lowest BCUT2D eigenvalue weighted by molar-refractivity contribution is -0.145. The molecular weight excluding hydrogens is 424 g/mol. The third kappa shape index (κ3) is 8.70. The minimum Gasteiger partial charge on any atom is -0.481 e. The Morgan fingerprint density at radius 1 is 0.906 bits per heavy atom. The van der Waals surface area contributed by atoms with Gasteiger partial charge in [-0.3, -0.25) is 19.2 Å². The van der Waals surface area contributed by atoms with Crippen LogP contribution in [-0.4, -0.2) is 75.3 Å². The van der Waals surface area contributed by atoms with Crippen molar-refractivity contribution in [1.29, 1.82) is 0 Å². The van der Waals surface area contributed by atoms with E-state index in [0.29, 0.717) is 5.56 Å². The fraction of sp³-hybridized carbons (Fsp3) is 0.450. The van der Waals surface area contributed by atoms with Crippen molar-refractivity contribution in [3.63, 3.8) is 0 Å². The molecule has 0 spiro atoms. The van der Waals surface area contributed by atoms with Crippen molar-refractivity contribution in [3.8, 4) is 0 Å². The van der Waals surface area contributed by atoms with Gasteiger partial charge in [-0.05, 0) is 19.4 Å². The normalized spacial score (nSPS) is 15.4. The average Bonchev–Trinajstić information content (AvgIpc) is 2.70. The van der Waals surface area contributed by atoms with Gasteiger partial charge in [0.25, 0.3) is 0 Å². The molecule has 0 saturated heterocycles. The molecule has 0 saturated carbocycles. The van der Waals surface area contributed by atoms with Gasteiger partial charge in [0, 0.05) is 6.42 Å². The molecule has 32 heavy (non-hydrogen) atoms. The van der Waals surface area contributed by atoms with Gasteiger partial charge < -0.3 is 37.0 Å². The largest absolute Gasteiger partial charge is 0.481 e. The standard InChI is InChI=1S/C20H28N4O8/c1-10(17(28)24-16(11(2)25)20(31)32)22-19(30)14(8-12-6-4-3-5-7-12)23-18(29)13(21)9-15(26)27/h3-7,10-11,13-14,16,25H,8-9,21H2,1-2H3,(H,22,30)(H,23,29)(H,24,28)(H,26,27)(H,31,32). The summed E-state index contributed by atoms with van der Waals surface area (Å²) in [5.41, 5.74) is 6.23. The molecule has 176 valence electrons. The highest BCUT2D eigenvalue weighted by molar-refractivity contribution is 5.94. The number of nitrogens with two attached hydrogens (primary N) is 1. The summed E-state index contributed by atoms with van der Waals surface area (Å²) in [5, 5.41) is 34.2. The number of carbonyl (C=O) groups is 5. The second-order valence-corrected chi connectivity index (χ2v) is 7.25. The van der Waals surface area contributed by atoms with Crippen LogP contribution in [0.2, 0.25) is 0 Å². The number of amides is 3. The molecule has 12 nitrogen and oxygen atoms in total. The second kappa shape index (κ2) is 12.4. The van der Waals surface area contributed by atoms with E-state index in [1.54, 1.807) is 30.3 Å². The van der Waals surface area contributed by atoms with Crippen LogP contribution in [0.4, 0.5) is 0 Å². The zero-order chi connectivity index (χ0) is 24.4. The zero-order valence-corrected chi connectivity index (χ0v) is 17.6. The van der Waals surface area contributed by atoms with E-state index < -0.39 is 66.4 Å². The molecule has 0 radical (unpaired) electrons. The summed E-state index contributed by atoms with van der Waals surface area (Å²) < 4.78 is 0. The maximum absolute atomic E-state index is 12.8. The fourth-order valence-electron chi connectivity index (χ4n) is 2.67. The summed E-state index contributed by atoms with van der Waals surface area (Å²) in [6.45, 7) is 2.49. The number of aliphatic hydroxyl groups is 1. The molecule has 0 aromatic heterocycles. The monoisotopic (exact) mass is 452 g/mol. The maximum Gasteiger partial charge on any atom is 0.328 e. The van der Waals surface area contributed by atoms with Crippen LogP contribution >= 0.6 is 0 Å². The van der Waals surface area contributed by atoms with Crippen molar-refractivity contribution in [1.82, 2.24) is 16.0 Å². The SMILES string of the molecule is CC(NC(=O)C(Cc1ccccc1)NC(=O)C(N)CC(=O)O)C(=O)NC(C(=O)O)C(C)O. The Balaban J connectivity index is 2.91. The van der Waals surface area contributed by atoms with Crippen LogP contribution in [-0.2, 0) is 30.4 Å². The fourth-order valence-corrected chi connectivity index (χ4v) is 2.67. The lowest BCUT2D eigenvalue weighted by Gasteiger charge is -2.24. The summed E-state index contributed by atoms with van der Waals surface area (Å²) in [5.74, 6) is -5.22. The summed E-state index contributed by atoms with van der Waals surface area (Å²) >= 11 is 0. The zero-order valence-electron chi connectivity index (χ0n) is 17.6. The van der Waals surface area contributed by atoms with E-state index in [-0.39, 0.29) is 6.42 Å². The van der Waals surface area contributed by atoms with Crippen molar-refractivity contribution in [3.05, 3.63) is 35.9 Å². The van der Waals surface area contributed by atoms with Crippen LogP contribution in [0.1, 0.15) is 25.8 Å². The Bertz CT molecular complexity index is 830. The maximum atomic E-state index is 12.8. The number of hydrogen-bond donors (Lipinski definition) is 7. The first-order valence-corrected chi connectivity index (χ1v) is 9.75. The van der Waals surface area contributed by atoms with Gasteiger partial charge in [0.05, 0.1) is 18.6 Å². The van der Waals surface area contributed by atoms with E-state index in [0.717, 1.165) is 0 Å². The van der Waals surface area contributed by atoms with Gasteiger partial charge in [-0.15, -0.1) is 0 Å². The topological polar surface area (TPSA) is 208 Å². The third-order valence-corrected chi connectivity index (χ3v) is 4.45. The number of nitrogens with one attached hydrogen (secondary N) is 3. The van der Waals surface area contributed by atoms with Gasteiger partial charge in [-0.2, -0.15) is 0 Å². The summed E-state index contributed by atoms with van der Waals surface area (Å²) in [6, 6.07) is 3.27. The molecule has 1 aromatic carbocycles. The molecule has 0 aliphatic rings. The van der Waals surface area contributed by atoms with Crippen LogP contribution in [0.25, 0.3) is 0 Å². The highest BCUT2D eigenvalue weighted by Gasteiger charge is 2.30. The van der Waals surface area contributed by atoms with Crippen molar-refractivity contribution in [2.24, 2.45) is 5.73 Å². The molecular formula is C20H28N4O8. The molecule has 12 heteroatoms. The number of carboxylic acids is 2. The van der Waals surface area contributed by atoms with Crippen molar-refractivity contribution >= 4 is 29.7 Å². The van der Waals surface area contributed by atoms with Gasteiger partial charge in [-0.1, -0.05) is 30.3 Å². The number of carboxylic acid groups (broad SMARTS) is 2. The molecule has 0 heterocycles. The molecule has 0 aliphatic heterocycles. The molecule has 0 fully saturated rings. The van der Waals surface area contributed by atoms with Gasteiger partial charge in [0.1, 0.15) is 12.1 Å². The predicted molar refractivity (Wildman–Crippen MR) is 111 cm³/mol. The summed E-state index contributed by atoms with van der Waals surface area (Å²) in [4.78, 5) is 59.2. The van der Waals surface area contributed by atoms with E-state index in [2.05, 4.69) is 16.0 Å². The van der Waals surface area contributed by atoms with Gasteiger partial charge >= 0.3 is 11.9 Å². The first kappa shape index (κ1) is 26.5. The Morgan fingerprint density at radius 3 is 2.00 bits per heavy atom. The minimum atomic E-state index is -1.57. The highest BCUT2D eigenvalue weighted by Crippen LogP contribution is 2.05. The molecule has 8 N–H and O–H groups in total. The van der Waals surface area contributed by atoms with Crippen molar-refractivity contribution in [2.45, 2.75) is 57.0 Å². The molecule has 0 aliphatic carbocycles. The lowest BCUT2D eigenvalue weighted by atomic mass is 10.0. The number of aliphatic carboxylic acids is 2. The lowest BCUT2D eigenvalue weighted by Crippen LogP contribution is -2.58. The van der Waals surface area contributed by atoms with E-state index in [4.69, 9.17) is 15.9 Å². The predicted octanol–water partition coefficient (Wildman–Crippen LogP) is -2.03. The van der Waals surface area contributed by atoms with Crippen molar-refractivity contribution in [2.75, 3.05) is 0 Å². The van der Waals surface area contributed by atoms with Crippen LogP contribution in [0, 0.1) is 0 Å². The van der Waals surface area contributed by atoms with E-state index >= 15 is 0 Å². The first-order valence-electron chi connectivity index (χ1n) is 9.75. The number of benzene rings is 1. The summed E-state index contributed by atoms with van der Waals surface area (Å²) in [6.07, 6.45) is -1.99. The van der Waals surface area contributed by atoms with Crippen LogP contribution in [0.5, 0.6) is 0 Å².